The molecule has 1 fully saturated rings. The van der Waals surface area contributed by atoms with Gasteiger partial charge in [0.15, 0.2) is 9.84 Å². The molecular formula is C16H26N2O4S2. The average Bonchev–Trinajstić information content (AvgIpc) is 2.51. The minimum atomic E-state index is -3.84. The van der Waals surface area contributed by atoms with Crippen molar-refractivity contribution in [2.75, 3.05) is 32.4 Å². The number of sulfone groups is 1. The zero-order valence-corrected chi connectivity index (χ0v) is 15.9. The van der Waals surface area contributed by atoms with Crippen molar-refractivity contribution in [2.45, 2.75) is 36.0 Å². The Labute approximate surface area is 145 Å². The van der Waals surface area contributed by atoms with E-state index in [0.29, 0.717) is 18.9 Å². The van der Waals surface area contributed by atoms with Crippen molar-refractivity contribution < 1.29 is 16.8 Å². The molecule has 8 heteroatoms. The summed E-state index contributed by atoms with van der Waals surface area (Å²) >= 11 is 0. The fourth-order valence-electron chi connectivity index (χ4n) is 3.06. The van der Waals surface area contributed by atoms with E-state index < -0.39 is 19.9 Å². The number of sulfonamides is 1. The first-order chi connectivity index (χ1) is 11.2. The lowest BCUT2D eigenvalue weighted by atomic mass is 10.0. The van der Waals surface area contributed by atoms with Crippen LogP contribution in [0.1, 0.15) is 26.2 Å². The number of nitrogens with one attached hydrogen (secondary N) is 1. The van der Waals surface area contributed by atoms with Crippen molar-refractivity contribution in [1.82, 2.24) is 9.62 Å². The number of rotatable bonds is 7. The van der Waals surface area contributed by atoms with Gasteiger partial charge in [-0.2, -0.15) is 0 Å². The van der Waals surface area contributed by atoms with Crippen LogP contribution in [0.3, 0.4) is 0 Å². The maximum Gasteiger partial charge on any atom is 0.241 e. The molecule has 1 heterocycles. The number of piperidine rings is 1. The Morgan fingerprint density at radius 2 is 1.83 bits per heavy atom. The summed E-state index contributed by atoms with van der Waals surface area (Å²) in [6.45, 7) is 5.50. The van der Waals surface area contributed by atoms with E-state index in [1.165, 1.54) is 37.1 Å². The highest BCUT2D eigenvalue weighted by atomic mass is 32.2. The van der Waals surface area contributed by atoms with Crippen molar-refractivity contribution >= 4 is 19.9 Å². The van der Waals surface area contributed by atoms with Gasteiger partial charge in [0.05, 0.1) is 4.90 Å². The van der Waals surface area contributed by atoms with Crippen LogP contribution in [0.4, 0.5) is 0 Å². The molecule has 1 N–H and O–H groups in total. The zero-order chi connectivity index (χ0) is 17.8. The molecular weight excluding hydrogens is 348 g/mol. The van der Waals surface area contributed by atoms with Crippen LogP contribution < -0.4 is 4.72 Å². The monoisotopic (exact) mass is 374 g/mol. The van der Waals surface area contributed by atoms with E-state index in [4.69, 9.17) is 0 Å². The molecule has 0 aromatic heterocycles. The molecule has 1 aliphatic heterocycles. The van der Waals surface area contributed by atoms with E-state index in [1.54, 1.807) is 0 Å². The molecule has 6 nitrogen and oxygen atoms in total. The summed E-state index contributed by atoms with van der Waals surface area (Å²) in [4.78, 5) is 2.01. The summed E-state index contributed by atoms with van der Waals surface area (Å²) in [6.07, 6.45) is 4.16. The number of nitrogens with zero attached hydrogens (tertiary/aromatic N) is 1. The van der Waals surface area contributed by atoms with Crippen molar-refractivity contribution in [3.8, 4) is 0 Å². The van der Waals surface area contributed by atoms with Gasteiger partial charge in [0, 0.05) is 19.3 Å². The zero-order valence-electron chi connectivity index (χ0n) is 14.2. The molecule has 1 unspecified atom stereocenters. The van der Waals surface area contributed by atoms with Gasteiger partial charge in [-0.25, -0.2) is 21.6 Å². The predicted molar refractivity (Wildman–Crippen MR) is 94.2 cm³/mol. The average molecular weight is 375 g/mol. The molecule has 0 amide bonds. The Kier molecular flexibility index (Phi) is 6.41. The lowest BCUT2D eigenvalue weighted by Crippen LogP contribution is -2.36. The van der Waals surface area contributed by atoms with E-state index in [1.807, 2.05) is 0 Å². The van der Waals surface area contributed by atoms with E-state index in [9.17, 15) is 16.8 Å². The third-order valence-corrected chi connectivity index (χ3v) is 7.03. The first-order valence-electron chi connectivity index (χ1n) is 8.21. The molecule has 0 spiro atoms. The number of hydrogen-bond donors (Lipinski definition) is 1. The van der Waals surface area contributed by atoms with Crippen LogP contribution >= 0.6 is 0 Å². The topological polar surface area (TPSA) is 83.6 Å². The molecule has 24 heavy (non-hydrogen) atoms. The first-order valence-corrected chi connectivity index (χ1v) is 11.6. The van der Waals surface area contributed by atoms with Crippen LogP contribution in [0.2, 0.25) is 0 Å². The summed E-state index contributed by atoms with van der Waals surface area (Å²) in [5.74, 6) is 0.692. The van der Waals surface area contributed by atoms with Crippen molar-refractivity contribution in [2.24, 2.45) is 5.92 Å². The van der Waals surface area contributed by atoms with E-state index in [2.05, 4.69) is 16.5 Å². The highest BCUT2D eigenvalue weighted by Crippen LogP contribution is 2.20. The minimum absolute atomic E-state index is 0.164. The fourth-order valence-corrected chi connectivity index (χ4v) is 5.76. The molecule has 1 atom stereocenters. The highest BCUT2D eigenvalue weighted by molar-refractivity contribution is 7.93. The number of likely N-dealkylation sites (tertiary alicyclic amines) is 1. The van der Waals surface area contributed by atoms with Crippen LogP contribution in [0, 0.1) is 5.92 Å². The quantitative estimate of drug-likeness (QED) is 0.731. The molecule has 1 aliphatic rings. The van der Waals surface area contributed by atoms with Gasteiger partial charge in [0.1, 0.15) is 4.90 Å². The number of hydrogen-bond acceptors (Lipinski definition) is 5. The Morgan fingerprint density at radius 3 is 2.46 bits per heavy atom. The Bertz CT molecular complexity index is 760. The van der Waals surface area contributed by atoms with Crippen molar-refractivity contribution in [3.63, 3.8) is 0 Å². The second-order valence-electron chi connectivity index (χ2n) is 6.52. The van der Waals surface area contributed by atoms with E-state index >= 15 is 0 Å². The van der Waals surface area contributed by atoms with Crippen LogP contribution in [0.5, 0.6) is 0 Å². The second-order valence-corrected chi connectivity index (χ2v) is 10.2. The van der Waals surface area contributed by atoms with Gasteiger partial charge in [0.2, 0.25) is 10.0 Å². The summed E-state index contributed by atoms with van der Waals surface area (Å²) in [7, 11) is -7.43. The second kappa shape index (κ2) is 7.95. The lowest BCUT2D eigenvalue weighted by molar-refractivity contribution is 0.182. The van der Waals surface area contributed by atoms with Gasteiger partial charge in [-0.05, 0) is 50.4 Å². The smallest absolute Gasteiger partial charge is 0.241 e. The van der Waals surface area contributed by atoms with Gasteiger partial charge in [-0.1, -0.05) is 19.1 Å². The Balaban J connectivity index is 1.95. The minimum Gasteiger partial charge on any atom is -0.303 e. The third kappa shape index (κ3) is 5.27. The first kappa shape index (κ1) is 19.4. The SMILES string of the molecule is CC1CCCN(CCCNS(=O)(=O)c2ccccc2S(C)(=O)=O)C1. The van der Waals surface area contributed by atoms with Gasteiger partial charge in [0.25, 0.3) is 0 Å². The van der Waals surface area contributed by atoms with Gasteiger partial charge < -0.3 is 4.90 Å². The Hall–Kier alpha value is -0.960. The molecule has 0 radical (unpaired) electrons. The van der Waals surface area contributed by atoms with Crippen LogP contribution in [-0.2, 0) is 19.9 Å². The molecule has 1 saturated heterocycles. The molecule has 0 bridgehead atoms. The normalized spacial score (nSPS) is 20.2. The maximum absolute atomic E-state index is 12.4. The summed E-state index contributed by atoms with van der Waals surface area (Å²) in [5, 5.41) is 0. The van der Waals surface area contributed by atoms with Crippen molar-refractivity contribution in [1.29, 1.82) is 0 Å². The summed E-state index contributed by atoms with van der Waals surface area (Å²) < 4.78 is 50.9. The lowest BCUT2D eigenvalue weighted by Gasteiger charge is -2.30. The maximum atomic E-state index is 12.4. The Morgan fingerprint density at radius 1 is 1.17 bits per heavy atom. The summed E-state index contributed by atoms with van der Waals surface area (Å²) in [5.41, 5.74) is 0. The molecule has 0 aliphatic carbocycles. The molecule has 1 aromatic rings. The van der Waals surface area contributed by atoms with Crippen molar-refractivity contribution in [3.05, 3.63) is 24.3 Å². The fraction of sp³-hybridized carbons (Fsp3) is 0.625. The van der Waals surface area contributed by atoms with Gasteiger partial charge in [-0.15, -0.1) is 0 Å². The number of benzene rings is 1. The largest absolute Gasteiger partial charge is 0.303 e. The van der Waals surface area contributed by atoms with E-state index in [0.717, 1.165) is 25.9 Å². The molecule has 0 saturated carbocycles. The van der Waals surface area contributed by atoms with Crippen LogP contribution in [0.25, 0.3) is 0 Å². The van der Waals surface area contributed by atoms with Crippen LogP contribution in [0.15, 0.2) is 34.1 Å². The van der Waals surface area contributed by atoms with E-state index in [-0.39, 0.29) is 9.79 Å². The molecule has 2 rings (SSSR count). The molecule has 1 aromatic carbocycles. The summed E-state index contributed by atoms with van der Waals surface area (Å²) in [6, 6.07) is 5.69. The van der Waals surface area contributed by atoms with Gasteiger partial charge >= 0.3 is 0 Å². The van der Waals surface area contributed by atoms with Gasteiger partial charge in [-0.3, -0.25) is 0 Å². The molecule has 136 valence electrons. The third-order valence-electron chi connectivity index (χ3n) is 4.22. The highest BCUT2D eigenvalue weighted by Gasteiger charge is 2.23. The predicted octanol–water partition coefficient (Wildman–Crippen LogP) is 1.49. The van der Waals surface area contributed by atoms with Crippen LogP contribution in [-0.4, -0.2) is 54.2 Å². The standard InChI is InChI=1S/C16H26N2O4S2/c1-14-7-5-11-18(13-14)12-6-10-17-24(21,22)16-9-4-3-8-15(16)23(2,19)20/h3-4,8-9,14,17H,5-7,10-13H2,1-2H3.